The smallest absolute Gasteiger partial charge is 0.0113 e. The van der Waals surface area contributed by atoms with E-state index in [4.69, 9.17) is 5.73 Å². The maximum Gasteiger partial charge on any atom is 0.0113 e. The fourth-order valence-corrected chi connectivity index (χ4v) is 2.94. The first-order valence-electron chi connectivity index (χ1n) is 9.51. The molecule has 2 N–H and O–H groups in total. The van der Waals surface area contributed by atoms with Crippen molar-refractivity contribution in [3.63, 3.8) is 0 Å². The van der Waals surface area contributed by atoms with Crippen molar-refractivity contribution in [2.24, 2.45) is 5.73 Å². The summed E-state index contributed by atoms with van der Waals surface area (Å²) in [5, 5.41) is 0. The molecule has 0 aliphatic rings. The van der Waals surface area contributed by atoms with Gasteiger partial charge in [0.05, 0.1) is 0 Å². The van der Waals surface area contributed by atoms with Crippen LogP contribution in [0.4, 0.5) is 0 Å². The van der Waals surface area contributed by atoms with Crippen molar-refractivity contribution < 1.29 is 0 Å². The van der Waals surface area contributed by atoms with E-state index >= 15 is 0 Å². The highest BCUT2D eigenvalue weighted by Crippen LogP contribution is 2.09. The van der Waals surface area contributed by atoms with Gasteiger partial charge in [-0.3, -0.25) is 4.90 Å². The molecule has 0 aromatic rings. The molecule has 0 aromatic heterocycles. The largest absolute Gasteiger partial charge is 0.330 e. The van der Waals surface area contributed by atoms with Crippen LogP contribution in [-0.2, 0) is 0 Å². The third-order valence-electron chi connectivity index (χ3n) is 4.90. The van der Waals surface area contributed by atoms with E-state index in [2.05, 4.69) is 49.3 Å². The molecule has 1 atom stereocenters. The average Bonchev–Trinajstić information content (AvgIpc) is 2.54. The van der Waals surface area contributed by atoms with Crippen molar-refractivity contribution in [1.29, 1.82) is 0 Å². The fraction of sp³-hybridized carbons (Fsp3) is 1.00. The van der Waals surface area contributed by atoms with Crippen molar-refractivity contribution in [3.8, 4) is 0 Å². The van der Waals surface area contributed by atoms with Gasteiger partial charge in [-0.2, -0.15) is 0 Å². The lowest BCUT2D eigenvalue weighted by atomic mass is 10.1. The Morgan fingerprint density at radius 1 is 0.727 bits per heavy atom. The summed E-state index contributed by atoms with van der Waals surface area (Å²) in [6.07, 6.45) is 3.68. The fourth-order valence-electron chi connectivity index (χ4n) is 2.94. The molecule has 0 aliphatic heterocycles. The van der Waals surface area contributed by atoms with E-state index in [0.717, 1.165) is 39.1 Å². The second kappa shape index (κ2) is 14.4. The Balaban J connectivity index is 4.39. The van der Waals surface area contributed by atoms with Crippen LogP contribution in [0.15, 0.2) is 0 Å². The predicted molar refractivity (Wildman–Crippen MR) is 99.5 cm³/mol. The molecule has 4 heteroatoms. The summed E-state index contributed by atoms with van der Waals surface area (Å²) in [6, 6.07) is 0.665. The van der Waals surface area contributed by atoms with Crippen LogP contribution in [0.5, 0.6) is 0 Å². The lowest BCUT2D eigenvalue weighted by molar-refractivity contribution is 0.144. The zero-order valence-corrected chi connectivity index (χ0v) is 16.0. The number of hydrogen-bond acceptors (Lipinski definition) is 4. The van der Waals surface area contributed by atoms with Gasteiger partial charge in [0.1, 0.15) is 0 Å². The minimum Gasteiger partial charge on any atom is -0.330 e. The molecule has 0 aliphatic carbocycles. The van der Waals surface area contributed by atoms with Gasteiger partial charge in [0, 0.05) is 32.2 Å². The monoisotopic (exact) mass is 314 g/mol. The van der Waals surface area contributed by atoms with Crippen LogP contribution in [0.2, 0.25) is 0 Å². The third kappa shape index (κ3) is 9.78. The molecule has 0 heterocycles. The Kier molecular flexibility index (Phi) is 14.3. The molecule has 0 spiro atoms. The SMILES string of the molecule is CCN(CC)CCN(CCN(CC)CC)[C@H](C)CCCCN. The summed E-state index contributed by atoms with van der Waals surface area (Å²) in [4.78, 5) is 7.74. The minimum atomic E-state index is 0.665. The average molecular weight is 315 g/mol. The zero-order chi connectivity index (χ0) is 16.8. The maximum atomic E-state index is 5.63. The van der Waals surface area contributed by atoms with Gasteiger partial charge in [0.15, 0.2) is 0 Å². The minimum absolute atomic E-state index is 0.665. The molecule has 0 saturated heterocycles. The van der Waals surface area contributed by atoms with Crippen LogP contribution in [0.1, 0.15) is 53.9 Å². The molecule has 0 radical (unpaired) electrons. The van der Waals surface area contributed by atoms with Gasteiger partial charge >= 0.3 is 0 Å². The summed E-state index contributed by atoms with van der Waals surface area (Å²) >= 11 is 0. The molecule has 0 rings (SSSR count). The van der Waals surface area contributed by atoms with Crippen LogP contribution in [0.25, 0.3) is 0 Å². The van der Waals surface area contributed by atoms with Gasteiger partial charge in [-0.05, 0) is 52.5 Å². The van der Waals surface area contributed by atoms with Crippen LogP contribution < -0.4 is 5.73 Å². The third-order valence-corrected chi connectivity index (χ3v) is 4.90. The Morgan fingerprint density at radius 3 is 1.55 bits per heavy atom. The first kappa shape index (κ1) is 21.8. The summed E-state index contributed by atoms with van der Waals surface area (Å²) in [7, 11) is 0. The topological polar surface area (TPSA) is 35.7 Å². The molecule has 0 fully saturated rings. The number of likely N-dealkylation sites (N-methyl/N-ethyl adjacent to an activating group) is 2. The summed E-state index contributed by atoms with van der Waals surface area (Å²) in [6.45, 7) is 21.6. The molecule has 0 bridgehead atoms. The second-order valence-corrected chi connectivity index (χ2v) is 6.22. The Labute approximate surface area is 140 Å². The van der Waals surface area contributed by atoms with E-state index in [9.17, 15) is 0 Å². The van der Waals surface area contributed by atoms with Gasteiger partial charge in [0.2, 0.25) is 0 Å². The van der Waals surface area contributed by atoms with E-state index < -0.39 is 0 Å². The molecule has 4 nitrogen and oxygen atoms in total. The number of nitrogens with two attached hydrogens (primary N) is 1. The first-order chi connectivity index (χ1) is 10.6. The van der Waals surface area contributed by atoms with Crippen molar-refractivity contribution >= 4 is 0 Å². The lowest BCUT2D eigenvalue weighted by Gasteiger charge is -2.33. The first-order valence-corrected chi connectivity index (χ1v) is 9.51. The molecule has 0 amide bonds. The van der Waals surface area contributed by atoms with Gasteiger partial charge in [-0.15, -0.1) is 0 Å². The van der Waals surface area contributed by atoms with E-state index in [0.29, 0.717) is 6.04 Å². The number of hydrogen-bond donors (Lipinski definition) is 1. The molecule has 0 aromatic carbocycles. The molecular formula is C18H42N4. The standard InChI is InChI=1S/C18H42N4/c1-6-20(7-2)14-16-22(17-15-21(8-3)9-4)18(5)12-10-11-13-19/h18H,6-17,19H2,1-5H3/t18-/m1/s1. The normalized spacial score (nSPS) is 13.5. The van der Waals surface area contributed by atoms with Crippen molar-refractivity contribution in [2.75, 3.05) is 58.9 Å². The van der Waals surface area contributed by atoms with Gasteiger partial charge < -0.3 is 15.5 Å². The van der Waals surface area contributed by atoms with E-state index in [1.54, 1.807) is 0 Å². The van der Waals surface area contributed by atoms with Crippen LogP contribution in [0.3, 0.4) is 0 Å². The highest BCUT2D eigenvalue weighted by Gasteiger charge is 2.15. The Hall–Kier alpha value is -0.160. The lowest BCUT2D eigenvalue weighted by Crippen LogP contribution is -2.44. The zero-order valence-electron chi connectivity index (χ0n) is 16.0. The quantitative estimate of drug-likeness (QED) is 0.471. The Bertz CT molecular complexity index is 211. The van der Waals surface area contributed by atoms with Crippen LogP contribution in [-0.4, -0.2) is 79.6 Å². The van der Waals surface area contributed by atoms with Crippen LogP contribution >= 0.6 is 0 Å². The van der Waals surface area contributed by atoms with Gasteiger partial charge in [-0.1, -0.05) is 34.1 Å². The van der Waals surface area contributed by atoms with Gasteiger partial charge in [0.25, 0.3) is 0 Å². The van der Waals surface area contributed by atoms with E-state index in [1.807, 2.05) is 0 Å². The molecule has 134 valence electrons. The number of nitrogens with zero attached hydrogens (tertiary/aromatic N) is 3. The van der Waals surface area contributed by atoms with Gasteiger partial charge in [-0.25, -0.2) is 0 Å². The van der Waals surface area contributed by atoms with Crippen LogP contribution in [0, 0.1) is 0 Å². The van der Waals surface area contributed by atoms with Crippen molar-refractivity contribution in [3.05, 3.63) is 0 Å². The Morgan fingerprint density at radius 2 is 1.18 bits per heavy atom. The summed E-state index contributed by atoms with van der Waals surface area (Å²) in [5.41, 5.74) is 5.63. The van der Waals surface area contributed by atoms with E-state index in [1.165, 1.54) is 39.0 Å². The molecular weight excluding hydrogens is 272 g/mol. The highest BCUT2D eigenvalue weighted by molar-refractivity contribution is 4.71. The predicted octanol–water partition coefficient (Wildman–Crippen LogP) is 2.49. The number of rotatable bonds is 15. The molecule has 22 heavy (non-hydrogen) atoms. The molecule has 0 unspecified atom stereocenters. The highest BCUT2D eigenvalue weighted by atomic mass is 15.2. The summed E-state index contributed by atoms with van der Waals surface area (Å²) < 4.78 is 0. The van der Waals surface area contributed by atoms with E-state index in [-0.39, 0.29) is 0 Å². The second-order valence-electron chi connectivity index (χ2n) is 6.22. The molecule has 0 saturated carbocycles. The maximum absolute atomic E-state index is 5.63. The van der Waals surface area contributed by atoms with Crippen molar-refractivity contribution in [2.45, 2.75) is 59.9 Å². The number of unbranched alkanes of at least 4 members (excludes halogenated alkanes) is 1. The van der Waals surface area contributed by atoms with Crippen molar-refractivity contribution in [1.82, 2.24) is 14.7 Å². The summed E-state index contributed by atoms with van der Waals surface area (Å²) in [5.74, 6) is 0.